The van der Waals surface area contributed by atoms with Gasteiger partial charge in [-0.1, -0.05) is 47.6 Å². The predicted octanol–water partition coefficient (Wildman–Crippen LogP) is 4.64. The number of thioether (sulfide) groups is 1. The molecule has 0 saturated carbocycles. The Morgan fingerprint density at radius 1 is 1.13 bits per heavy atom. The first-order valence-electron chi connectivity index (χ1n) is 9.04. The lowest BCUT2D eigenvalue weighted by Crippen LogP contribution is -2.22. The molecular weight excluding hydrogens is 473 g/mol. The maximum atomic E-state index is 13.7. The van der Waals surface area contributed by atoms with E-state index in [-0.39, 0.29) is 28.8 Å². The van der Waals surface area contributed by atoms with Crippen molar-refractivity contribution >= 4 is 33.4 Å². The van der Waals surface area contributed by atoms with Crippen molar-refractivity contribution in [1.82, 2.24) is 19.5 Å². The summed E-state index contributed by atoms with van der Waals surface area (Å²) in [6.07, 6.45) is -4.30. The van der Waals surface area contributed by atoms with Crippen LogP contribution in [0.2, 0.25) is 5.02 Å². The molecule has 166 valence electrons. The summed E-state index contributed by atoms with van der Waals surface area (Å²) in [5.74, 6) is 0.415. The molecule has 0 spiro atoms. The molecule has 2 aromatic carbocycles. The highest BCUT2D eigenvalue weighted by molar-refractivity contribution is 7.99. The zero-order chi connectivity index (χ0) is 22.6. The molecule has 0 atom stereocenters. The predicted molar refractivity (Wildman–Crippen MR) is 115 cm³/mol. The zero-order valence-electron chi connectivity index (χ0n) is 16.2. The lowest BCUT2D eigenvalue weighted by atomic mass is 10.1. The van der Waals surface area contributed by atoms with Gasteiger partial charge in [0.15, 0.2) is 11.0 Å². The van der Waals surface area contributed by atoms with E-state index in [0.29, 0.717) is 16.3 Å². The topological polar surface area (TPSA) is 76.9 Å². The second-order valence-corrected chi connectivity index (χ2v) is 9.94. The van der Waals surface area contributed by atoms with Gasteiger partial charge in [0.05, 0.1) is 17.0 Å². The molecule has 0 aliphatic heterocycles. The molecule has 0 bridgehead atoms. The third-order valence-electron chi connectivity index (χ3n) is 4.27. The number of rotatable bonds is 8. The molecule has 0 radical (unpaired) electrons. The van der Waals surface area contributed by atoms with Gasteiger partial charge in [-0.25, -0.2) is 13.1 Å². The van der Waals surface area contributed by atoms with Crippen molar-refractivity contribution in [2.75, 3.05) is 18.6 Å². The van der Waals surface area contributed by atoms with Crippen LogP contribution in [-0.2, 0) is 16.2 Å². The molecule has 0 fully saturated rings. The number of hydrogen-bond donors (Lipinski definition) is 1. The maximum Gasteiger partial charge on any atom is 0.418 e. The van der Waals surface area contributed by atoms with Crippen molar-refractivity contribution < 1.29 is 21.6 Å². The number of aromatic nitrogens is 3. The van der Waals surface area contributed by atoms with Crippen LogP contribution in [0, 0.1) is 0 Å². The summed E-state index contributed by atoms with van der Waals surface area (Å²) in [5, 5.41) is 8.80. The Kier molecular flexibility index (Phi) is 7.30. The van der Waals surface area contributed by atoms with Gasteiger partial charge in [-0.3, -0.25) is 4.57 Å². The van der Waals surface area contributed by atoms with Crippen LogP contribution in [-0.4, -0.2) is 41.7 Å². The molecule has 0 unspecified atom stereocenters. The fourth-order valence-corrected chi connectivity index (χ4v) is 4.80. The first-order chi connectivity index (χ1) is 14.6. The third-order valence-corrected chi connectivity index (χ3v) is 6.96. The van der Waals surface area contributed by atoms with Crippen LogP contribution in [0.3, 0.4) is 0 Å². The fraction of sp³-hybridized carbons (Fsp3) is 0.263. The molecule has 0 saturated heterocycles. The molecule has 1 heterocycles. The SMILES string of the molecule is CNS(=O)(=O)CCCSc1nnc(-c2cccc(Cl)c2)n1-c1ccccc1C(F)(F)F. The molecule has 1 N–H and O–H groups in total. The van der Waals surface area contributed by atoms with Gasteiger partial charge < -0.3 is 0 Å². The van der Waals surface area contributed by atoms with E-state index in [1.165, 1.54) is 29.8 Å². The molecule has 0 aliphatic rings. The van der Waals surface area contributed by atoms with Gasteiger partial charge in [0.2, 0.25) is 10.0 Å². The third kappa shape index (κ3) is 5.79. The Morgan fingerprint density at radius 2 is 1.87 bits per heavy atom. The number of para-hydroxylation sites is 1. The average molecular weight is 491 g/mol. The van der Waals surface area contributed by atoms with Gasteiger partial charge in [-0.2, -0.15) is 13.2 Å². The van der Waals surface area contributed by atoms with Crippen molar-refractivity contribution in [2.45, 2.75) is 17.8 Å². The molecule has 0 aliphatic carbocycles. The molecule has 3 aromatic rings. The van der Waals surface area contributed by atoms with Crippen LogP contribution in [0.1, 0.15) is 12.0 Å². The highest BCUT2D eigenvalue weighted by Crippen LogP contribution is 2.37. The quantitative estimate of drug-likeness (QED) is 0.368. The Bertz CT molecular complexity index is 1170. The van der Waals surface area contributed by atoms with Crippen LogP contribution in [0.4, 0.5) is 13.2 Å². The first kappa shape index (κ1) is 23.6. The van der Waals surface area contributed by atoms with E-state index >= 15 is 0 Å². The minimum absolute atomic E-state index is 0.106. The number of nitrogens with zero attached hydrogens (tertiary/aromatic N) is 3. The summed E-state index contributed by atoms with van der Waals surface area (Å²) in [4.78, 5) is 0. The molecule has 12 heteroatoms. The van der Waals surface area contributed by atoms with Crippen LogP contribution in [0.15, 0.2) is 53.7 Å². The van der Waals surface area contributed by atoms with E-state index in [9.17, 15) is 21.6 Å². The van der Waals surface area contributed by atoms with E-state index in [0.717, 1.165) is 17.8 Å². The number of alkyl halides is 3. The zero-order valence-corrected chi connectivity index (χ0v) is 18.6. The summed E-state index contributed by atoms with van der Waals surface area (Å²) in [6, 6.07) is 11.7. The number of hydrogen-bond acceptors (Lipinski definition) is 5. The highest BCUT2D eigenvalue weighted by atomic mass is 35.5. The van der Waals surface area contributed by atoms with Gasteiger partial charge in [0.25, 0.3) is 0 Å². The summed E-state index contributed by atoms with van der Waals surface area (Å²) in [6.45, 7) is 0. The number of halogens is 4. The summed E-state index contributed by atoms with van der Waals surface area (Å²) >= 11 is 7.19. The van der Waals surface area contributed by atoms with Crippen molar-refractivity contribution in [3.05, 3.63) is 59.1 Å². The van der Waals surface area contributed by atoms with Crippen molar-refractivity contribution in [3.8, 4) is 17.1 Å². The summed E-state index contributed by atoms with van der Waals surface area (Å²) < 4.78 is 67.8. The van der Waals surface area contributed by atoms with E-state index in [4.69, 9.17) is 11.6 Å². The van der Waals surface area contributed by atoms with Gasteiger partial charge in [0.1, 0.15) is 0 Å². The Balaban J connectivity index is 2.04. The first-order valence-corrected chi connectivity index (χ1v) is 12.1. The fourth-order valence-electron chi connectivity index (χ4n) is 2.82. The Labute approximate surface area is 186 Å². The minimum atomic E-state index is -4.59. The normalized spacial score (nSPS) is 12.3. The lowest BCUT2D eigenvalue weighted by molar-refractivity contribution is -0.137. The molecule has 3 rings (SSSR count). The van der Waals surface area contributed by atoms with Gasteiger partial charge in [0, 0.05) is 16.3 Å². The smallest absolute Gasteiger partial charge is 0.269 e. The average Bonchev–Trinajstić information content (AvgIpc) is 3.14. The van der Waals surface area contributed by atoms with E-state index < -0.39 is 21.8 Å². The number of sulfonamides is 1. The minimum Gasteiger partial charge on any atom is -0.269 e. The van der Waals surface area contributed by atoms with Gasteiger partial charge in [-0.15, -0.1) is 10.2 Å². The standard InChI is InChI=1S/C19H18ClF3N4O2S2/c1-24-31(28,29)11-5-10-30-18-26-25-17(13-6-4-7-14(20)12-13)27(18)16-9-3-2-8-15(16)19(21,22)23/h2-4,6-9,12,24H,5,10-11H2,1H3. The van der Waals surface area contributed by atoms with Crippen LogP contribution >= 0.6 is 23.4 Å². The molecule has 6 nitrogen and oxygen atoms in total. The lowest BCUT2D eigenvalue weighted by Gasteiger charge is -2.16. The van der Waals surface area contributed by atoms with Gasteiger partial charge >= 0.3 is 6.18 Å². The van der Waals surface area contributed by atoms with E-state index in [1.54, 1.807) is 24.3 Å². The molecule has 0 amide bonds. The molecule has 1 aromatic heterocycles. The van der Waals surface area contributed by atoms with E-state index in [1.807, 2.05) is 0 Å². The number of nitrogens with one attached hydrogen (secondary N) is 1. The Hall–Kier alpha value is -2.08. The van der Waals surface area contributed by atoms with Crippen LogP contribution < -0.4 is 4.72 Å². The number of benzene rings is 2. The van der Waals surface area contributed by atoms with Crippen molar-refractivity contribution in [2.24, 2.45) is 0 Å². The van der Waals surface area contributed by atoms with Crippen LogP contribution in [0.5, 0.6) is 0 Å². The van der Waals surface area contributed by atoms with E-state index in [2.05, 4.69) is 14.9 Å². The second-order valence-electron chi connectivity index (χ2n) is 6.39. The summed E-state index contributed by atoms with van der Waals surface area (Å²) in [7, 11) is -2.05. The second kappa shape index (κ2) is 9.60. The van der Waals surface area contributed by atoms with Crippen molar-refractivity contribution in [1.29, 1.82) is 0 Å². The van der Waals surface area contributed by atoms with Crippen molar-refractivity contribution in [3.63, 3.8) is 0 Å². The summed E-state index contributed by atoms with van der Waals surface area (Å²) in [5.41, 5.74) is -0.459. The molecule has 31 heavy (non-hydrogen) atoms. The Morgan fingerprint density at radius 3 is 2.55 bits per heavy atom. The maximum absolute atomic E-state index is 13.7. The van der Waals surface area contributed by atoms with Gasteiger partial charge in [-0.05, 0) is 37.7 Å². The van der Waals surface area contributed by atoms with Crippen LogP contribution in [0.25, 0.3) is 17.1 Å². The molecular formula is C19H18ClF3N4O2S2. The highest BCUT2D eigenvalue weighted by Gasteiger charge is 2.35. The largest absolute Gasteiger partial charge is 0.418 e. The monoisotopic (exact) mass is 490 g/mol.